The highest BCUT2D eigenvalue weighted by Gasteiger charge is 2.23. The predicted molar refractivity (Wildman–Crippen MR) is 68.3 cm³/mol. The van der Waals surface area contributed by atoms with Gasteiger partial charge in [-0.05, 0) is 32.0 Å². The Bertz CT molecular complexity index is 449. The number of rotatable bonds is 2. The van der Waals surface area contributed by atoms with Crippen molar-refractivity contribution in [1.82, 2.24) is 10.6 Å². The number of para-hydroxylation sites is 1. The zero-order valence-electron chi connectivity index (χ0n) is 10.2. The van der Waals surface area contributed by atoms with Crippen molar-refractivity contribution in [3.63, 3.8) is 0 Å². The van der Waals surface area contributed by atoms with Gasteiger partial charge in [0, 0.05) is 0 Å². The van der Waals surface area contributed by atoms with Gasteiger partial charge in [0.05, 0.1) is 5.69 Å². The van der Waals surface area contributed by atoms with E-state index in [2.05, 4.69) is 15.6 Å². The quantitative estimate of drug-likeness (QED) is 0.809. The molecule has 0 bridgehead atoms. The zero-order chi connectivity index (χ0) is 12.4. The van der Waals surface area contributed by atoms with E-state index in [9.17, 15) is 4.79 Å². The van der Waals surface area contributed by atoms with Gasteiger partial charge in [-0.3, -0.25) is 10.2 Å². The smallest absolute Gasteiger partial charge is 0.303 e. The minimum atomic E-state index is -0.344. The van der Waals surface area contributed by atoms with Crippen LogP contribution >= 0.6 is 0 Å². The molecule has 1 aromatic carbocycles. The van der Waals surface area contributed by atoms with Gasteiger partial charge in [-0.25, -0.2) is 9.79 Å². The molecule has 0 aliphatic carbocycles. The molecule has 17 heavy (non-hydrogen) atoms. The first-order valence-electron chi connectivity index (χ1n) is 5.50. The van der Waals surface area contributed by atoms with Crippen LogP contribution in [0.15, 0.2) is 23.2 Å². The molecule has 0 spiro atoms. The summed E-state index contributed by atoms with van der Waals surface area (Å²) in [5.74, 6) is 0. The lowest BCUT2D eigenvalue weighted by molar-refractivity contribution is 0.242. The number of urea groups is 1. The van der Waals surface area contributed by atoms with Crippen molar-refractivity contribution in [3.05, 3.63) is 29.3 Å². The number of aryl methyl sites for hydroxylation is 2. The predicted octanol–water partition coefficient (Wildman–Crippen LogP) is 1.36. The number of carbonyl (C=O) groups excluding carboxylic acids is 1. The van der Waals surface area contributed by atoms with Crippen LogP contribution in [0.2, 0.25) is 0 Å². The van der Waals surface area contributed by atoms with E-state index in [1.54, 1.807) is 18.3 Å². The Hall–Kier alpha value is -1.88. The summed E-state index contributed by atoms with van der Waals surface area (Å²) in [6, 6.07) is 5.77. The van der Waals surface area contributed by atoms with Crippen LogP contribution < -0.4 is 15.5 Å². The Kier molecular flexibility index (Phi) is 3.10. The van der Waals surface area contributed by atoms with Crippen molar-refractivity contribution in [1.29, 1.82) is 0 Å². The molecule has 0 aromatic heterocycles. The highest BCUT2D eigenvalue weighted by molar-refractivity contribution is 6.09. The van der Waals surface area contributed by atoms with Crippen molar-refractivity contribution in [3.8, 4) is 0 Å². The maximum absolute atomic E-state index is 12.0. The molecule has 90 valence electrons. The third-order valence-electron chi connectivity index (χ3n) is 2.76. The number of carbonyl (C=O) groups is 1. The number of nitrogens with one attached hydrogen (secondary N) is 2. The van der Waals surface area contributed by atoms with Crippen molar-refractivity contribution in [2.45, 2.75) is 20.1 Å². The Morgan fingerprint density at radius 3 is 2.53 bits per heavy atom. The standard InChI is InChI=1S/C12H16N4O/c1-8-5-4-6-9(2)10(8)16-7-14-11(13-3)15-12(16)17/h4-7,11,13H,1-3H3,(H,15,17). The normalized spacial score (nSPS) is 19.4. The topological polar surface area (TPSA) is 56.7 Å². The fourth-order valence-corrected chi connectivity index (χ4v) is 1.90. The first kappa shape index (κ1) is 11.6. The minimum absolute atomic E-state index is 0.170. The second kappa shape index (κ2) is 4.55. The summed E-state index contributed by atoms with van der Waals surface area (Å²) in [5.41, 5.74) is 2.99. The van der Waals surface area contributed by atoms with E-state index < -0.39 is 0 Å². The van der Waals surface area contributed by atoms with Gasteiger partial charge in [0.25, 0.3) is 0 Å². The van der Waals surface area contributed by atoms with Crippen LogP contribution in [0.1, 0.15) is 11.1 Å². The second-order valence-electron chi connectivity index (χ2n) is 4.02. The summed E-state index contributed by atoms with van der Waals surface area (Å²) in [6.45, 7) is 3.96. The second-order valence-corrected chi connectivity index (χ2v) is 4.02. The first-order chi connectivity index (χ1) is 8.13. The molecule has 0 fully saturated rings. The third kappa shape index (κ3) is 2.14. The number of hydrogen-bond donors (Lipinski definition) is 2. The lowest BCUT2D eigenvalue weighted by atomic mass is 10.1. The number of hydrogen-bond acceptors (Lipinski definition) is 3. The SMILES string of the molecule is CNC1N=CN(c2c(C)cccc2C)C(=O)N1. The molecule has 5 heteroatoms. The van der Waals surface area contributed by atoms with Gasteiger partial charge < -0.3 is 5.32 Å². The van der Waals surface area contributed by atoms with Crippen LogP contribution in [-0.4, -0.2) is 25.7 Å². The monoisotopic (exact) mass is 232 g/mol. The summed E-state index contributed by atoms with van der Waals surface area (Å²) in [4.78, 5) is 17.7. The summed E-state index contributed by atoms with van der Waals surface area (Å²) < 4.78 is 0. The molecule has 0 saturated heterocycles. The van der Waals surface area contributed by atoms with E-state index in [-0.39, 0.29) is 12.3 Å². The van der Waals surface area contributed by atoms with Crippen molar-refractivity contribution < 1.29 is 4.79 Å². The Morgan fingerprint density at radius 2 is 2.00 bits per heavy atom. The Balaban J connectivity index is 2.38. The number of anilines is 1. The molecule has 0 radical (unpaired) electrons. The molecular formula is C12H16N4O. The van der Waals surface area contributed by atoms with Crippen LogP contribution in [0.25, 0.3) is 0 Å². The fraction of sp³-hybridized carbons (Fsp3) is 0.333. The Morgan fingerprint density at radius 1 is 1.35 bits per heavy atom. The first-order valence-corrected chi connectivity index (χ1v) is 5.50. The highest BCUT2D eigenvalue weighted by Crippen LogP contribution is 2.24. The molecule has 5 nitrogen and oxygen atoms in total. The van der Waals surface area contributed by atoms with Gasteiger partial charge in [-0.15, -0.1) is 0 Å². The summed E-state index contributed by atoms with van der Waals surface area (Å²) >= 11 is 0. The van der Waals surface area contributed by atoms with Crippen LogP contribution in [0, 0.1) is 13.8 Å². The zero-order valence-corrected chi connectivity index (χ0v) is 10.2. The van der Waals surface area contributed by atoms with Gasteiger partial charge in [0.15, 0.2) is 6.29 Å². The summed E-state index contributed by atoms with van der Waals surface area (Å²) in [7, 11) is 1.75. The molecule has 2 rings (SSSR count). The summed E-state index contributed by atoms with van der Waals surface area (Å²) in [6.07, 6.45) is 1.22. The van der Waals surface area contributed by atoms with E-state index in [1.165, 1.54) is 0 Å². The molecule has 1 heterocycles. The molecule has 1 aromatic rings. The molecule has 1 aliphatic rings. The van der Waals surface area contributed by atoms with Gasteiger partial charge in [0.1, 0.15) is 6.34 Å². The van der Waals surface area contributed by atoms with Gasteiger partial charge >= 0.3 is 6.03 Å². The molecule has 1 unspecified atom stereocenters. The van der Waals surface area contributed by atoms with E-state index in [0.29, 0.717) is 0 Å². The number of nitrogens with zero attached hydrogens (tertiary/aromatic N) is 2. The number of benzene rings is 1. The van der Waals surface area contributed by atoms with E-state index in [1.807, 2.05) is 32.0 Å². The van der Waals surface area contributed by atoms with Crippen molar-refractivity contribution >= 4 is 18.1 Å². The lowest BCUT2D eigenvalue weighted by Crippen LogP contribution is -2.53. The largest absolute Gasteiger partial charge is 0.329 e. The Labute approximate surface area is 101 Å². The molecular weight excluding hydrogens is 216 g/mol. The molecule has 1 aliphatic heterocycles. The van der Waals surface area contributed by atoms with E-state index >= 15 is 0 Å². The summed E-state index contributed by atoms with van der Waals surface area (Å²) in [5, 5.41) is 5.63. The van der Waals surface area contributed by atoms with E-state index in [0.717, 1.165) is 16.8 Å². The van der Waals surface area contributed by atoms with Gasteiger partial charge in [-0.1, -0.05) is 18.2 Å². The molecule has 0 saturated carbocycles. The molecule has 2 amide bonds. The molecule has 1 atom stereocenters. The van der Waals surface area contributed by atoms with Crippen LogP contribution in [0.5, 0.6) is 0 Å². The van der Waals surface area contributed by atoms with E-state index in [4.69, 9.17) is 0 Å². The highest BCUT2D eigenvalue weighted by atomic mass is 16.2. The van der Waals surface area contributed by atoms with Crippen LogP contribution in [0.3, 0.4) is 0 Å². The minimum Gasteiger partial charge on any atom is -0.303 e. The maximum atomic E-state index is 12.0. The number of aliphatic imine (C=N–C) groups is 1. The van der Waals surface area contributed by atoms with Gasteiger partial charge in [0.2, 0.25) is 0 Å². The fourth-order valence-electron chi connectivity index (χ4n) is 1.90. The van der Waals surface area contributed by atoms with Gasteiger partial charge in [-0.2, -0.15) is 0 Å². The number of amides is 2. The third-order valence-corrected chi connectivity index (χ3v) is 2.76. The lowest BCUT2D eigenvalue weighted by Gasteiger charge is -2.28. The van der Waals surface area contributed by atoms with Crippen molar-refractivity contribution in [2.24, 2.45) is 4.99 Å². The molecule has 2 N–H and O–H groups in total. The van der Waals surface area contributed by atoms with Crippen molar-refractivity contribution in [2.75, 3.05) is 11.9 Å². The maximum Gasteiger partial charge on any atom is 0.329 e. The van der Waals surface area contributed by atoms with Crippen LogP contribution in [-0.2, 0) is 0 Å². The average molecular weight is 232 g/mol. The van der Waals surface area contributed by atoms with Crippen LogP contribution in [0.4, 0.5) is 10.5 Å². The average Bonchev–Trinajstić information content (AvgIpc) is 2.30.